The molecule has 0 spiro atoms. The maximum atomic E-state index is 13.6. The van der Waals surface area contributed by atoms with Crippen LogP contribution in [0.3, 0.4) is 0 Å². The first kappa shape index (κ1) is 16.2. The Morgan fingerprint density at radius 3 is 2.48 bits per heavy atom. The number of hydrogen-bond acceptors (Lipinski definition) is 3. The van der Waals surface area contributed by atoms with Gasteiger partial charge in [0, 0.05) is 13.6 Å². The largest absolute Gasteiger partial charge is 0.396 e. The molecule has 0 unspecified atom stereocenters. The van der Waals surface area contributed by atoms with Gasteiger partial charge in [-0.1, -0.05) is 12.8 Å². The molecular weight excluding hydrogens is 291 g/mol. The predicted octanol–water partition coefficient (Wildman–Crippen LogP) is 2.84. The third-order valence-corrected chi connectivity index (χ3v) is 6.48. The van der Waals surface area contributed by atoms with Gasteiger partial charge in [0.1, 0.15) is 5.82 Å². The molecule has 0 saturated heterocycles. The van der Waals surface area contributed by atoms with E-state index < -0.39 is 15.8 Å². The highest BCUT2D eigenvalue weighted by Crippen LogP contribution is 2.31. The van der Waals surface area contributed by atoms with Crippen molar-refractivity contribution in [2.75, 3.05) is 19.3 Å². The number of halogens is 1. The Kier molecular flexibility index (Phi) is 4.58. The molecule has 0 aliphatic heterocycles. The Hall–Kier alpha value is -1.14. The van der Waals surface area contributed by atoms with Crippen molar-refractivity contribution in [3.8, 4) is 0 Å². The average molecular weight is 314 g/mol. The van der Waals surface area contributed by atoms with Crippen molar-refractivity contribution in [1.82, 2.24) is 4.31 Å². The van der Waals surface area contributed by atoms with Crippen LogP contribution in [-0.2, 0) is 10.0 Å². The smallest absolute Gasteiger partial charge is 0.243 e. The summed E-state index contributed by atoms with van der Waals surface area (Å²) in [6, 6.07) is 1.19. The molecule has 1 aromatic rings. The molecule has 0 bridgehead atoms. The van der Waals surface area contributed by atoms with Crippen molar-refractivity contribution in [2.24, 2.45) is 5.92 Å². The summed E-state index contributed by atoms with van der Waals surface area (Å²) in [7, 11) is -2.05. The molecule has 0 radical (unpaired) electrons. The lowest BCUT2D eigenvalue weighted by Gasteiger charge is -2.23. The first-order valence-electron chi connectivity index (χ1n) is 7.26. The molecule has 1 aliphatic rings. The van der Waals surface area contributed by atoms with Crippen LogP contribution in [0.2, 0.25) is 0 Å². The fourth-order valence-electron chi connectivity index (χ4n) is 3.14. The predicted molar refractivity (Wildman–Crippen MR) is 82.1 cm³/mol. The molecule has 118 valence electrons. The zero-order valence-electron chi connectivity index (χ0n) is 12.8. The Balaban J connectivity index is 2.37. The lowest BCUT2D eigenvalue weighted by atomic mass is 10.1. The Morgan fingerprint density at radius 2 is 1.90 bits per heavy atom. The molecule has 0 heterocycles. The maximum Gasteiger partial charge on any atom is 0.243 e. The number of rotatable bonds is 4. The molecule has 0 amide bonds. The third kappa shape index (κ3) is 3.06. The van der Waals surface area contributed by atoms with Gasteiger partial charge in [0.25, 0.3) is 0 Å². The molecule has 1 aliphatic carbocycles. The van der Waals surface area contributed by atoms with Crippen molar-refractivity contribution in [3.63, 3.8) is 0 Å². The number of benzene rings is 1. The van der Waals surface area contributed by atoms with Crippen LogP contribution in [0.25, 0.3) is 0 Å². The minimum absolute atomic E-state index is 0.0894. The minimum atomic E-state index is -3.64. The normalized spacial score (nSPS) is 16.8. The SMILES string of the molecule is Cc1cc(F)c(N)c(C)c1S(=O)(=O)N(C)CC1CCCC1. The van der Waals surface area contributed by atoms with Gasteiger partial charge < -0.3 is 5.73 Å². The lowest BCUT2D eigenvalue weighted by molar-refractivity contribution is 0.387. The van der Waals surface area contributed by atoms with Gasteiger partial charge in [0.05, 0.1) is 10.6 Å². The van der Waals surface area contributed by atoms with E-state index >= 15 is 0 Å². The van der Waals surface area contributed by atoms with E-state index in [2.05, 4.69) is 0 Å². The molecule has 0 aromatic heterocycles. The lowest BCUT2D eigenvalue weighted by Crippen LogP contribution is -2.32. The zero-order valence-corrected chi connectivity index (χ0v) is 13.6. The highest BCUT2D eigenvalue weighted by molar-refractivity contribution is 7.89. The summed E-state index contributed by atoms with van der Waals surface area (Å²) < 4.78 is 40.5. The molecule has 1 aromatic carbocycles. The molecule has 2 rings (SSSR count). The summed E-state index contributed by atoms with van der Waals surface area (Å²) in [6.45, 7) is 3.67. The minimum Gasteiger partial charge on any atom is -0.396 e. The number of nitrogens with zero attached hydrogens (tertiary/aromatic N) is 1. The van der Waals surface area contributed by atoms with Gasteiger partial charge in [-0.05, 0) is 49.8 Å². The van der Waals surface area contributed by atoms with Crippen LogP contribution in [0.15, 0.2) is 11.0 Å². The van der Waals surface area contributed by atoms with Crippen molar-refractivity contribution in [2.45, 2.75) is 44.4 Å². The van der Waals surface area contributed by atoms with Crippen LogP contribution in [0.1, 0.15) is 36.8 Å². The van der Waals surface area contributed by atoms with Crippen molar-refractivity contribution < 1.29 is 12.8 Å². The molecule has 2 N–H and O–H groups in total. The summed E-state index contributed by atoms with van der Waals surface area (Å²) in [6.07, 6.45) is 4.48. The molecule has 6 heteroatoms. The topological polar surface area (TPSA) is 63.4 Å². The number of anilines is 1. The summed E-state index contributed by atoms with van der Waals surface area (Å²) in [4.78, 5) is 0.141. The van der Waals surface area contributed by atoms with Gasteiger partial charge >= 0.3 is 0 Å². The number of nitrogen functional groups attached to an aromatic ring is 1. The fraction of sp³-hybridized carbons (Fsp3) is 0.600. The first-order chi connectivity index (χ1) is 9.75. The second-order valence-electron chi connectivity index (χ2n) is 5.98. The number of nitrogens with two attached hydrogens (primary N) is 1. The second-order valence-corrected chi connectivity index (χ2v) is 7.96. The number of aryl methyl sites for hydroxylation is 1. The van der Waals surface area contributed by atoms with Crippen LogP contribution in [0.5, 0.6) is 0 Å². The first-order valence-corrected chi connectivity index (χ1v) is 8.70. The van der Waals surface area contributed by atoms with Crippen molar-refractivity contribution in [3.05, 3.63) is 23.0 Å². The Morgan fingerprint density at radius 1 is 1.33 bits per heavy atom. The van der Waals surface area contributed by atoms with E-state index in [9.17, 15) is 12.8 Å². The van der Waals surface area contributed by atoms with Gasteiger partial charge in [-0.15, -0.1) is 0 Å². The van der Waals surface area contributed by atoms with Crippen molar-refractivity contribution in [1.29, 1.82) is 0 Å². The van der Waals surface area contributed by atoms with E-state index in [1.165, 1.54) is 23.2 Å². The Bertz CT molecular complexity index is 638. The van der Waals surface area contributed by atoms with Crippen LogP contribution in [0, 0.1) is 25.6 Å². The zero-order chi connectivity index (χ0) is 15.8. The Labute approximate surface area is 126 Å². The van der Waals surface area contributed by atoms with Gasteiger partial charge in [-0.3, -0.25) is 0 Å². The van der Waals surface area contributed by atoms with Crippen LogP contribution >= 0.6 is 0 Å². The van der Waals surface area contributed by atoms with Gasteiger partial charge in [0.2, 0.25) is 10.0 Å². The molecular formula is C15H23FN2O2S. The van der Waals surface area contributed by atoms with E-state index in [0.717, 1.165) is 12.8 Å². The molecule has 1 fully saturated rings. The van der Waals surface area contributed by atoms with Crippen molar-refractivity contribution >= 4 is 15.7 Å². The molecule has 0 atom stereocenters. The maximum absolute atomic E-state index is 13.6. The van der Waals surface area contributed by atoms with E-state index in [4.69, 9.17) is 5.73 Å². The summed E-state index contributed by atoms with van der Waals surface area (Å²) in [5, 5.41) is 0. The van der Waals surface area contributed by atoms with E-state index in [1.54, 1.807) is 20.9 Å². The summed E-state index contributed by atoms with van der Waals surface area (Å²) in [5.74, 6) is -0.148. The van der Waals surface area contributed by atoms with Gasteiger partial charge in [-0.2, -0.15) is 0 Å². The molecule has 4 nitrogen and oxygen atoms in total. The highest BCUT2D eigenvalue weighted by Gasteiger charge is 2.29. The fourth-order valence-corrected chi connectivity index (χ4v) is 4.82. The highest BCUT2D eigenvalue weighted by atomic mass is 32.2. The van der Waals surface area contributed by atoms with Crippen LogP contribution in [0.4, 0.5) is 10.1 Å². The van der Waals surface area contributed by atoms with E-state index in [-0.39, 0.29) is 10.6 Å². The third-order valence-electron chi connectivity index (χ3n) is 4.36. The summed E-state index contributed by atoms with van der Waals surface area (Å²) in [5.41, 5.74) is 6.26. The summed E-state index contributed by atoms with van der Waals surface area (Å²) >= 11 is 0. The molecule has 21 heavy (non-hydrogen) atoms. The van der Waals surface area contributed by atoms with Gasteiger partial charge in [0.15, 0.2) is 0 Å². The van der Waals surface area contributed by atoms with E-state index in [1.807, 2.05) is 0 Å². The molecule has 1 saturated carbocycles. The van der Waals surface area contributed by atoms with Crippen LogP contribution in [-0.4, -0.2) is 26.3 Å². The monoisotopic (exact) mass is 314 g/mol. The average Bonchev–Trinajstić information content (AvgIpc) is 2.88. The number of hydrogen-bond donors (Lipinski definition) is 1. The standard InChI is InChI=1S/C15H23FN2O2S/c1-10-8-13(16)14(17)11(2)15(10)21(19,20)18(3)9-12-6-4-5-7-12/h8,12H,4-7,9,17H2,1-3H3. The van der Waals surface area contributed by atoms with E-state index in [0.29, 0.717) is 23.6 Å². The van der Waals surface area contributed by atoms with Gasteiger partial charge in [-0.25, -0.2) is 17.1 Å². The number of sulfonamides is 1. The second kappa shape index (κ2) is 5.93. The quantitative estimate of drug-likeness (QED) is 0.869. The van der Waals surface area contributed by atoms with Crippen LogP contribution < -0.4 is 5.73 Å².